The monoisotopic (exact) mass is 334 g/mol. The second kappa shape index (κ2) is 6.73. The molecule has 0 amide bonds. The van der Waals surface area contributed by atoms with Crippen LogP contribution >= 0.6 is 22.7 Å². The van der Waals surface area contributed by atoms with E-state index in [2.05, 4.69) is 6.92 Å². The Morgan fingerprint density at radius 3 is 2.91 bits per heavy atom. The normalized spacial score (nSPS) is 11.4. The minimum Gasteiger partial charge on any atom is -0.383 e. The van der Waals surface area contributed by atoms with Gasteiger partial charge in [0.25, 0.3) is 5.56 Å². The molecule has 22 heavy (non-hydrogen) atoms. The lowest BCUT2D eigenvalue weighted by molar-refractivity contribution is 0.185. The van der Waals surface area contributed by atoms with Gasteiger partial charge in [-0.1, -0.05) is 13.0 Å². The van der Waals surface area contributed by atoms with E-state index in [4.69, 9.17) is 9.72 Å². The minimum atomic E-state index is 0.0511. The predicted molar refractivity (Wildman–Crippen MR) is 93.1 cm³/mol. The SMILES string of the molecule is CCCc1nc2scc(-c3cccs3)c2c(=O)n1CCOC. The van der Waals surface area contributed by atoms with Crippen LogP contribution in [-0.4, -0.2) is 23.3 Å². The number of methoxy groups -OCH3 is 1. The Hall–Kier alpha value is -1.50. The van der Waals surface area contributed by atoms with Crippen LogP contribution in [0.2, 0.25) is 0 Å². The zero-order valence-electron chi connectivity index (χ0n) is 12.7. The van der Waals surface area contributed by atoms with Gasteiger partial charge in [0, 0.05) is 29.4 Å². The Labute approximate surface area is 137 Å². The molecule has 3 aromatic rings. The van der Waals surface area contributed by atoms with Gasteiger partial charge in [0.15, 0.2) is 0 Å². The summed E-state index contributed by atoms with van der Waals surface area (Å²) < 4.78 is 6.92. The summed E-state index contributed by atoms with van der Waals surface area (Å²) in [6.45, 7) is 3.16. The highest BCUT2D eigenvalue weighted by Gasteiger charge is 2.17. The van der Waals surface area contributed by atoms with E-state index in [1.54, 1.807) is 34.4 Å². The minimum absolute atomic E-state index is 0.0511. The first-order valence-electron chi connectivity index (χ1n) is 7.30. The van der Waals surface area contributed by atoms with Gasteiger partial charge in [-0.2, -0.15) is 0 Å². The number of aromatic nitrogens is 2. The molecule has 3 aromatic heterocycles. The van der Waals surface area contributed by atoms with Crippen molar-refractivity contribution < 1.29 is 4.74 Å². The van der Waals surface area contributed by atoms with Gasteiger partial charge >= 0.3 is 0 Å². The summed E-state index contributed by atoms with van der Waals surface area (Å²) in [6, 6.07) is 4.05. The highest BCUT2D eigenvalue weighted by molar-refractivity contribution is 7.18. The van der Waals surface area contributed by atoms with Crippen molar-refractivity contribution in [2.75, 3.05) is 13.7 Å². The van der Waals surface area contributed by atoms with Crippen molar-refractivity contribution in [3.63, 3.8) is 0 Å². The van der Waals surface area contributed by atoms with Crippen LogP contribution in [0.1, 0.15) is 19.2 Å². The summed E-state index contributed by atoms with van der Waals surface area (Å²) in [5, 5.41) is 4.81. The van der Waals surface area contributed by atoms with Gasteiger partial charge in [-0.3, -0.25) is 9.36 Å². The first-order chi connectivity index (χ1) is 10.8. The van der Waals surface area contributed by atoms with Crippen LogP contribution < -0.4 is 5.56 Å². The zero-order valence-corrected chi connectivity index (χ0v) is 14.3. The van der Waals surface area contributed by atoms with Crippen LogP contribution in [0.5, 0.6) is 0 Å². The summed E-state index contributed by atoms with van der Waals surface area (Å²) >= 11 is 3.20. The summed E-state index contributed by atoms with van der Waals surface area (Å²) in [5.41, 5.74) is 1.05. The molecule has 0 aliphatic heterocycles. The maximum Gasteiger partial charge on any atom is 0.263 e. The number of nitrogens with zero attached hydrogens (tertiary/aromatic N) is 2. The molecule has 6 heteroatoms. The predicted octanol–water partition coefficient (Wildman–Crippen LogP) is 3.79. The smallest absolute Gasteiger partial charge is 0.263 e. The lowest BCUT2D eigenvalue weighted by Gasteiger charge is -2.11. The van der Waals surface area contributed by atoms with Crippen molar-refractivity contribution in [1.82, 2.24) is 9.55 Å². The molecule has 0 radical (unpaired) electrons. The number of hydrogen-bond acceptors (Lipinski definition) is 5. The van der Waals surface area contributed by atoms with Crippen molar-refractivity contribution >= 4 is 32.9 Å². The molecule has 0 N–H and O–H groups in total. The summed E-state index contributed by atoms with van der Waals surface area (Å²) in [6.07, 6.45) is 1.77. The van der Waals surface area contributed by atoms with Gasteiger partial charge in [-0.05, 0) is 17.9 Å². The third-order valence-electron chi connectivity index (χ3n) is 3.55. The maximum absolute atomic E-state index is 13.0. The Morgan fingerprint density at radius 2 is 2.23 bits per heavy atom. The average Bonchev–Trinajstić information content (AvgIpc) is 3.15. The number of aryl methyl sites for hydroxylation is 1. The summed E-state index contributed by atoms with van der Waals surface area (Å²) in [4.78, 5) is 19.7. The number of fused-ring (bicyclic) bond motifs is 1. The van der Waals surface area contributed by atoms with Gasteiger partial charge in [0.05, 0.1) is 18.5 Å². The van der Waals surface area contributed by atoms with Gasteiger partial charge in [0.1, 0.15) is 10.7 Å². The highest BCUT2D eigenvalue weighted by Crippen LogP contribution is 2.33. The molecule has 0 bridgehead atoms. The van der Waals surface area contributed by atoms with Crippen molar-refractivity contribution in [2.45, 2.75) is 26.3 Å². The number of rotatable bonds is 6. The summed E-state index contributed by atoms with van der Waals surface area (Å²) in [5.74, 6) is 0.858. The lowest BCUT2D eigenvalue weighted by atomic mass is 10.2. The van der Waals surface area contributed by atoms with Crippen LogP contribution in [0.15, 0.2) is 27.7 Å². The first kappa shape index (κ1) is 15.4. The molecular formula is C16H18N2O2S2. The molecule has 0 atom stereocenters. The van der Waals surface area contributed by atoms with Gasteiger partial charge < -0.3 is 4.74 Å². The number of thiophene rings is 2. The van der Waals surface area contributed by atoms with Crippen LogP contribution in [0.25, 0.3) is 20.7 Å². The molecule has 0 fully saturated rings. The second-order valence-electron chi connectivity index (χ2n) is 5.03. The van der Waals surface area contributed by atoms with Crippen molar-refractivity contribution in [3.05, 3.63) is 39.1 Å². The molecule has 116 valence electrons. The van der Waals surface area contributed by atoms with E-state index in [1.165, 1.54) is 0 Å². The average molecular weight is 334 g/mol. The van der Waals surface area contributed by atoms with Crippen molar-refractivity contribution in [2.24, 2.45) is 0 Å². The molecule has 0 unspecified atom stereocenters. The Bertz CT molecular complexity index is 819. The molecule has 0 spiro atoms. The quantitative estimate of drug-likeness (QED) is 0.689. The number of ether oxygens (including phenoxy) is 1. The maximum atomic E-state index is 13.0. The van der Waals surface area contributed by atoms with Crippen molar-refractivity contribution in [3.8, 4) is 10.4 Å². The zero-order chi connectivity index (χ0) is 15.5. The molecule has 0 saturated carbocycles. The molecule has 4 nitrogen and oxygen atoms in total. The number of hydrogen-bond donors (Lipinski definition) is 0. The standard InChI is InChI=1S/C16H18N2O2S2/c1-3-5-13-17-15-14(16(19)18(13)7-8-20-2)11(10-22-15)12-6-4-9-21-12/h4,6,9-10H,3,5,7-8H2,1-2H3. The third kappa shape index (κ3) is 2.74. The molecular weight excluding hydrogens is 316 g/mol. The fourth-order valence-corrected chi connectivity index (χ4v) is 4.28. The Balaban J connectivity index is 2.21. The second-order valence-corrected chi connectivity index (χ2v) is 6.84. The van der Waals surface area contributed by atoms with E-state index in [-0.39, 0.29) is 5.56 Å². The van der Waals surface area contributed by atoms with E-state index in [0.29, 0.717) is 13.2 Å². The van der Waals surface area contributed by atoms with E-state index in [9.17, 15) is 4.79 Å². The van der Waals surface area contributed by atoms with E-state index in [1.807, 2.05) is 22.9 Å². The first-order valence-corrected chi connectivity index (χ1v) is 9.06. The molecule has 3 heterocycles. The fourth-order valence-electron chi connectivity index (χ4n) is 2.51. The van der Waals surface area contributed by atoms with Crippen LogP contribution in [0.3, 0.4) is 0 Å². The molecule has 0 aromatic carbocycles. The van der Waals surface area contributed by atoms with Crippen molar-refractivity contribution in [1.29, 1.82) is 0 Å². The summed E-state index contributed by atoms with van der Waals surface area (Å²) in [7, 11) is 1.65. The van der Waals surface area contributed by atoms with Gasteiger partial charge in [-0.25, -0.2) is 4.98 Å². The Kier molecular flexibility index (Phi) is 4.71. The molecule has 0 aliphatic carbocycles. The largest absolute Gasteiger partial charge is 0.383 e. The topological polar surface area (TPSA) is 44.1 Å². The van der Waals surface area contributed by atoms with E-state index in [0.717, 1.165) is 39.3 Å². The fraction of sp³-hybridized carbons (Fsp3) is 0.375. The van der Waals surface area contributed by atoms with E-state index >= 15 is 0 Å². The van der Waals surface area contributed by atoms with Crippen LogP contribution in [-0.2, 0) is 17.7 Å². The van der Waals surface area contributed by atoms with Gasteiger partial charge in [-0.15, -0.1) is 22.7 Å². The lowest BCUT2D eigenvalue weighted by Crippen LogP contribution is -2.27. The van der Waals surface area contributed by atoms with Crippen LogP contribution in [0.4, 0.5) is 0 Å². The Morgan fingerprint density at radius 1 is 1.36 bits per heavy atom. The molecule has 0 saturated heterocycles. The van der Waals surface area contributed by atoms with Gasteiger partial charge in [0.2, 0.25) is 0 Å². The van der Waals surface area contributed by atoms with E-state index < -0.39 is 0 Å². The highest BCUT2D eigenvalue weighted by atomic mass is 32.1. The molecule has 0 aliphatic rings. The van der Waals surface area contributed by atoms with Crippen LogP contribution in [0, 0.1) is 0 Å². The molecule has 3 rings (SSSR count). The third-order valence-corrected chi connectivity index (χ3v) is 5.33.